The third kappa shape index (κ3) is 4.05. The molecule has 0 unspecified atom stereocenters. The van der Waals surface area contributed by atoms with E-state index in [-0.39, 0.29) is 0 Å². The number of nitrogens with zero attached hydrogens (tertiary/aromatic N) is 5. The Morgan fingerprint density at radius 3 is 2.59 bits per heavy atom. The minimum absolute atomic E-state index is 0.353. The van der Waals surface area contributed by atoms with Crippen molar-refractivity contribution in [3.05, 3.63) is 41.2 Å². The molecule has 2 aromatic heterocycles. The van der Waals surface area contributed by atoms with E-state index in [0.29, 0.717) is 36.4 Å². The van der Waals surface area contributed by atoms with Gasteiger partial charge in [0.1, 0.15) is 5.82 Å². The lowest BCUT2D eigenvalue weighted by molar-refractivity contribution is 0.277. The molecule has 0 spiro atoms. The molecule has 29 heavy (non-hydrogen) atoms. The number of ether oxygens (including phenoxy) is 1. The highest BCUT2D eigenvalue weighted by Crippen LogP contribution is 2.30. The maximum absolute atomic E-state index is 6.16. The van der Waals surface area contributed by atoms with Gasteiger partial charge < -0.3 is 15.0 Å². The first kappa shape index (κ1) is 18.4. The second kappa shape index (κ2) is 7.63. The van der Waals surface area contributed by atoms with E-state index in [2.05, 4.69) is 48.7 Å². The first-order valence-electron chi connectivity index (χ1n) is 10.6. The number of likely N-dealkylation sites (tertiary alicyclic amines) is 1. The fraction of sp³-hybridized carbons (Fsp3) is 0.500. The lowest BCUT2D eigenvalue weighted by atomic mass is 10.1. The van der Waals surface area contributed by atoms with E-state index in [0.717, 1.165) is 18.0 Å². The first-order valence-corrected chi connectivity index (χ1v) is 10.6. The quantitative estimate of drug-likeness (QED) is 0.665. The molecular formula is C22H28N6O. The molecule has 7 nitrogen and oxygen atoms in total. The van der Waals surface area contributed by atoms with Crippen LogP contribution in [0.25, 0.3) is 11.2 Å². The summed E-state index contributed by atoms with van der Waals surface area (Å²) in [5.74, 6) is 1.90. The number of anilines is 1. The van der Waals surface area contributed by atoms with Gasteiger partial charge in [0.05, 0.1) is 13.2 Å². The molecule has 1 saturated heterocycles. The van der Waals surface area contributed by atoms with Gasteiger partial charge in [-0.2, -0.15) is 9.97 Å². The van der Waals surface area contributed by atoms with Gasteiger partial charge in [0.25, 0.3) is 0 Å². The van der Waals surface area contributed by atoms with Gasteiger partial charge in [-0.15, -0.1) is 0 Å². The van der Waals surface area contributed by atoms with Crippen molar-refractivity contribution in [1.82, 2.24) is 24.4 Å². The number of hydrogen-bond donors (Lipinski definition) is 1. The van der Waals surface area contributed by atoms with Crippen molar-refractivity contribution in [2.24, 2.45) is 5.92 Å². The van der Waals surface area contributed by atoms with Crippen LogP contribution in [0.1, 0.15) is 42.6 Å². The summed E-state index contributed by atoms with van der Waals surface area (Å²) in [4.78, 5) is 16.1. The van der Waals surface area contributed by atoms with Crippen LogP contribution in [0, 0.1) is 12.8 Å². The zero-order chi connectivity index (χ0) is 19.8. The number of nitrogens with two attached hydrogens (primary N) is 1. The van der Waals surface area contributed by atoms with E-state index in [1.54, 1.807) is 0 Å². The van der Waals surface area contributed by atoms with E-state index in [1.807, 2.05) is 6.92 Å². The highest BCUT2D eigenvalue weighted by atomic mass is 16.5. The Hall–Kier alpha value is -2.67. The van der Waals surface area contributed by atoms with Crippen molar-refractivity contribution >= 4 is 17.0 Å². The van der Waals surface area contributed by atoms with Gasteiger partial charge in [-0.1, -0.05) is 24.3 Å². The lowest BCUT2D eigenvalue weighted by Gasteiger charge is -2.15. The normalized spacial score (nSPS) is 17.3. The number of rotatable bonds is 7. The summed E-state index contributed by atoms with van der Waals surface area (Å²) < 4.78 is 7.88. The fourth-order valence-electron chi connectivity index (χ4n) is 4.05. The monoisotopic (exact) mass is 392 g/mol. The number of nitrogen functional groups attached to an aromatic ring is 1. The van der Waals surface area contributed by atoms with Gasteiger partial charge in [0.2, 0.25) is 0 Å². The Kier molecular flexibility index (Phi) is 4.83. The highest BCUT2D eigenvalue weighted by molar-refractivity contribution is 5.82. The topological polar surface area (TPSA) is 82.1 Å². The fourth-order valence-corrected chi connectivity index (χ4v) is 4.05. The van der Waals surface area contributed by atoms with Crippen LogP contribution in [0.5, 0.6) is 6.01 Å². The van der Waals surface area contributed by atoms with Crippen molar-refractivity contribution in [2.75, 3.05) is 25.4 Å². The summed E-state index contributed by atoms with van der Waals surface area (Å²) in [5.41, 5.74) is 10.1. The molecular weight excluding hydrogens is 364 g/mol. The molecule has 0 radical (unpaired) electrons. The lowest BCUT2D eigenvalue weighted by Crippen LogP contribution is -2.18. The smallest absolute Gasteiger partial charge is 0.320 e. The molecule has 1 aromatic carbocycles. The Morgan fingerprint density at radius 2 is 1.83 bits per heavy atom. The second-order valence-electron chi connectivity index (χ2n) is 8.37. The molecule has 0 atom stereocenters. The molecule has 3 aromatic rings. The number of aromatic nitrogens is 4. The third-order valence-corrected chi connectivity index (χ3v) is 5.87. The van der Waals surface area contributed by atoms with E-state index in [4.69, 9.17) is 10.5 Å². The minimum Gasteiger partial charge on any atom is -0.463 e. The van der Waals surface area contributed by atoms with Gasteiger partial charge in [-0.3, -0.25) is 4.90 Å². The van der Waals surface area contributed by atoms with Crippen molar-refractivity contribution < 1.29 is 4.74 Å². The number of hydrogen-bond acceptors (Lipinski definition) is 6. The summed E-state index contributed by atoms with van der Waals surface area (Å²) in [6.45, 7) is 6.78. The molecule has 1 aliphatic carbocycles. The van der Waals surface area contributed by atoms with Crippen LogP contribution in [0.3, 0.4) is 0 Å². The van der Waals surface area contributed by atoms with Crippen LogP contribution in [0.2, 0.25) is 0 Å². The Bertz CT molecular complexity index is 1020. The standard InChI is InChI=1S/C22H28N6O/c1-15-24-19-20(23)25-22(29-14-16-7-8-16)26-21(19)28(15)13-18-6-4-5-17(11-18)12-27-9-2-3-10-27/h4-6,11,16H,2-3,7-10,12-14H2,1H3,(H2,23,25,26). The van der Waals surface area contributed by atoms with Crippen LogP contribution < -0.4 is 10.5 Å². The Labute approximate surface area is 170 Å². The van der Waals surface area contributed by atoms with E-state index in [9.17, 15) is 0 Å². The molecule has 7 heteroatoms. The first-order chi connectivity index (χ1) is 14.2. The van der Waals surface area contributed by atoms with Crippen LogP contribution in [0.15, 0.2) is 24.3 Å². The number of fused-ring (bicyclic) bond motifs is 1. The van der Waals surface area contributed by atoms with Crippen molar-refractivity contribution in [2.45, 2.75) is 45.7 Å². The zero-order valence-corrected chi connectivity index (χ0v) is 17.0. The SMILES string of the molecule is Cc1nc2c(N)nc(OCC3CC3)nc2n1Cc1cccc(CN2CCCC2)c1. The Morgan fingerprint density at radius 1 is 1.07 bits per heavy atom. The second-order valence-corrected chi connectivity index (χ2v) is 8.37. The molecule has 0 bridgehead atoms. The van der Waals surface area contributed by atoms with Crippen LogP contribution in [0.4, 0.5) is 5.82 Å². The van der Waals surface area contributed by atoms with E-state index in [1.165, 1.54) is 49.9 Å². The molecule has 5 rings (SSSR count). The molecule has 0 amide bonds. The molecule has 152 valence electrons. The highest BCUT2D eigenvalue weighted by Gasteiger charge is 2.23. The predicted octanol–water partition coefficient (Wildman–Crippen LogP) is 3.15. The molecule has 2 N–H and O–H groups in total. The van der Waals surface area contributed by atoms with Gasteiger partial charge >= 0.3 is 6.01 Å². The maximum Gasteiger partial charge on any atom is 0.320 e. The third-order valence-electron chi connectivity index (χ3n) is 5.87. The number of benzene rings is 1. The molecule has 2 fully saturated rings. The van der Waals surface area contributed by atoms with Gasteiger partial charge in [0, 0.05) is 6.54 Å². The van der Waals surface area contributed by atoms with Gasteiger partial charge in [0.15, 0.2) is 17.0 Å². The molecule has 1 saturated carbocycles. The average Bonchev–Trinajstić information content (AvgIpc) is 3.31. The van der Waals surface area contributed by atoms with Crippen molar-refractivity contribution in [3.63, 3.8) is 0 Å². The summed E-state index contributed by atoms with van der Waals surface area (Å²) in [7, 11) is 0. The average molecular weight is 393 g/mol. The molecule has 3 heterocycles. The van der Waals surface area contributed by atoms with Crippen LogP contribution >= 0.6 is 0 Å². The predicted molar refractivity (Wildman–Crippen MR) is 113 cm³/mol. The minimum atomic E-state index is 0.353. The van der Waals surface area contributed by atoms with Gasteiger partial charge in [-0.25, -0.2) is 4.98 Å². The Balaban J connectivity index is 1.41. The van der Waals surface area contributed by atoms with Crippen molar-refractivity contribution in [1.29, 1.82) is 0 Å². The summed E-state index contributed by atoms with van der Waals surface area (Å²) >= 11 is 0. The summed E-state index contributed by atoms with van der Waals surface area (Å²) in [5, 5.41) is 0. The zero-order valence-electron chi connectivity index (χ0n) is 17.0. The number of imidazole rings is 1. The molecule has 1 aliphatic heterocycles. The van der Waals surface area contributed by atoms with Crippen LogP contribution in [-0.4, -0.2) is 44.1 Å². The maximum atomic E-state index is 6.16. The number of aryl methyl sites for hydroxylation is 1. The van der Waals surface area contributed by atoms with E-state index >= 15 is 0 Å². The summed E-state index contributed by atoms with van der Waals surface area (Å²) in [6.07, 6.45) is 5.07. The van der Waals surface area contributed by atoms with Crippen molar-refractivity contribution in [3.8, 4) is 6.01 Å². The summed E-state index contributed by atoms with van der Waals surface area (Å²) in [6, 6.07) is 9.16. The van der Waals surface area contributed by atoms with E-state index < -0.39 is 0 Å². The largest absolute Gasteiger partial charge is 0.463 e. The van der Waals surface area contributed by atoms with Crippen LogP contribution in [-0.2, 0) is 13.1 Å². The van der Waals surface area contributed by atoms with Gasteiger partial charge in [-0.05, 0) is 62.7 Å². The molecule has 2 aliphatic rings.